The number of hydrogen-bond acceptors (Lipinski definition) is 6. The largest absolute Gasteiger partial charge is 0.497 e. The molecule has 0 aliphatic rings. The highest BCUT2D eigenvalue weighted by molar-refractivity contribution is 5.93. The van der Waals surface area contributed by atoms with Crippen LogP contribution in [-0.2, 0) is 9.53 Å². The zero-order valence-corrected chi connectivity index (χ0v) is 15.9. The van der Waals surface area contributed by atoms with Crippen molar-refractivity contribution in [2.24, 2.45) is 0 Å². The molecule has 3 rings (SSSR count). The lowest BCUT2D eigenvalue weighted by molar-refractivity contribution is -0.123. The highest BCUT2D eigenvalue weighted by Crippen LogP contribution is 2.26. The Balaban J connectivity index is 1.66. The minimum Gasteiger partial charge on any atom is -0.497 e. The van der Waals surface area contributed by atoms with Crippen LogP contribution in [-0.4, -0.2) is 32.7 Å². The molecule has 7 nitrogen and oxygen atoms in total. The summed E-state index contributed by atoms with van der Waals surface area (Å²) in [6.07, 6.45) is 0. The third-order valence-electron chi connectivity index (χ3n) is 4.20. The van der Waals surface area contributed by atoms with E-state index in [0.717, 1.165) is 11.0 Å². The Bertz CT molecular complexity index is 960. The van der Waals surface area contributed by atoms with E-state index >= 15 is 0 Å². The Morgan fingerprint density at radius 2 is 1.89 bits per heavy atom. The molecule has 0 aliphatic heterocycles. The van der Waals surface area contributed by atoms with Crippen molar-refractivity contribution >= 4 is 22.8 Å². The van der Waals surface area contributed by atoms with Crippen LogP contribution in [0.2, 0.25) is 0 Å². The van der Waals surface area contributed by atoms with Crippen molar-refractivity contribution in [3.05, 3.63) is 59.9 Å². The van der Waals surface area contributed by atoms with E-state index in [0.29, 0.717) is 11.5 Å². The van der Waals surface area contributed by atoms with E-state index in [2.05, 4.69) is 5.32 Å². The minimum absolute atomic E-state index is 0.206. The smallest absolute Gasteiger partial charge is 0.341 e. The Morgan fingerprint density at radius 3 is 2.61 bits per heavy atom. The van der Waals surface area contributed by atoms with Gasteiger partial charge in [0, 0.05) is 11.5 Å². The molecule has 146 valence electrons. The molecule has 1 heterocycles. The summed E-state index contributed by atoms with van der Waals surface area (Å²) in [5.74, 6) is 0.433. The van der Waals surface area contributed by atoms with Crippen LogP contribution in [0, 0.1) is 0 Å². The topological polar surface area (TPSA) is 87.0 Å². The zero-order chi connectivity index (χ0) is 20.1. The first-order chi connectivity index (χ1) is 13.5. The molecule has 0 fully saturated rings. The first-order valence-electron chi connectivity index (χ1n) is 8.69. The van der Waals surface area contributed by atoms with Crippen LogP contribution in [0.25, 0.3) is 11.0 Å². The van der Waals surface area contributed by atoms with Crippen LogP contribution in [0.4, 0.5) is 0 Å². The monoisotopic (exact) mass is 383 g/mol. The van der Waals surface area contributed by atoms with Crippen LogP contribution < -0.4 is 14.8 Å². The number of esters is 1. The molecule has 0 aliphatic carbocycles. The number of ether oxygens (including phenoxy) is 3. The third-order valence-corrected chi connectivity index (χ3v) is 4.20. The fourth-order valence-corrected chi connectivity index (χ4v) is 2.74. The normalized spacial score (nSPS) is 11.7. The number of furan rings is 1. The lowest BCUT2D eigenvalue weighted by Crippen LogP contribution is -2.31. The molecule has 0 radical (unpaired) electrons. The van der Waals surface area contributed by atoms with E-state index < -0.39 is 5.97 Å². The van der Waals surface area contributed by atoms with E-state index in [9.17, 15) is 9.59 Å². The van der Waals surface area contributed by atoms with Crippen molar-refractivity contribution in [1.29, 1.82) is 0 Å². The average molecular weight is 383 g/mol. The maximum Gasteiger partial charge on any atom is 0.341 e. The van der Waals surface area contributed by atoms with Crippen molar-refractivity contribution in [1.82, 2.24) is 5.32 Å². The summed E-state index contributed by atoms with van der Waals surface area (Å²) in [5.41, 5.74) is 0.968. The number of nitrogens with one attached hydrogen (secondary N) is 1. The van der Waals surface area contributed by atoms with Gasteiger partial charge in [-0.2, -0.15) is 0 Å². The van der Waals surface area contributed by atoms with Gasteiger partial charge in [0.05, 0.1) is 20.3 Å². The van der Waals surface area contributed by atoms with Crippen molar-refractivity contribution in [2.45, 2.75) is 13.0 Å². The molecule has 2 aromatic carbocycles. The number of benzene rings is 2. The number of amides is 1. The molecule has 28 heavy (non-hydrogen) atoms. The van der Waals surface area contributed by atoms with Crippen LogP contribution in [0.3, 0.4) is 0 Å². The summed E-state index contributed by atoms with van der Waals surface area (Å²) in [5, 5.41) is 3.78. The summed E-state index contributed by atoms with van der Waals surface area (Å²) in [7, 11) is 2.77. The molecule has 1 amide bonds. The van der Waals surface area contributed by atoms with Gasteiger partial charge in [-0.1, -0.05) is 18.2 Å². The number of rotatable bonds is 7. The second-order valence-electron chi connectivity index (χ2n) is 6.12. The van der Waals surface area contributed by atoms with E-state index in [4.69, 9.17) is 18.6 Å². The summed E-state index contributed by atoms with van der Waals surface area (Å²) in [6.45, 7) is 1.54. The van der Waals surface area contributed by atoms with Crippen LogP contribution in [0.15, 0.2) is 52.9 Å². The predicted octanol–water partition coefficient (Wildman–Crippen LogP) is 3.48. The van der Waals surface area contributed by atoms with Gasteiger partial charge in [-0.3, -0.25) is 4.79 Å². The number of carbonyl (C=O) groups is 2. The van der Waals surface area contributed by atoms with Crippen molar-refractivity contribution < 1.29 is 28.2 Å². The predicted molar refractivity (Wildman–Crippen MR) is 103 cm³/mol. The third kappa shape index (κ3) is 4.25. The molecule has 1 atom stereocenters. The first kappa shape index (κ1) is 19.3. The van der Waals surface area contributed by atoms with Gasteiger partial charge in [-0.05, 0) is 31.2 Å². The highest BCUT2D eigenvalue weighted by atomic mass is 16.5. The average Bonchev–Trinajstić information content (AvgIpc) is 3.16. The number of carbonyl (C=O) groups excluding carboxylic acids is 2. The molecule has 1 N–H and O–H groups in total. The molecular formula is C21H21NO6. The fraction of sp³-hybridized carbons (Fsp3) is 0.238. The van der Waals surface area contributed by atoms with Gasteiger partial charge < -0.3 is 23.9 Å². The molecule has 0 spiro atoms. The van der Waals surface area contributed by atoms with E-state index in [-0.39, 0.29) is 29.9 Å². The molecule has 3 aromatic rings. The van der Waals surface area contributed by atoms with Gasteiger partial charge in [0.15, 0.2) is 6.61 Å². The summed E-state index contributed by atoms with van der Waals surface area (Å²) in [6, 6.07) is 13.8. The van der Waals surface area contributed by atoms with Crippen molar-refractivity contribution in [3.63, 3.8) is 0 Å². The van der Waals surface area contributed by atoms with Crippen molar-refractivity contribution in [3.8, 4) is 11.5 Å². The Labute approximate surface area is 162 Å². The van der Waals surface area contributed by atoms with Crippen LogP contribution in [0.1, 0.15) is 29.1 Å². The van der Waals surface area contributed by atoms with Crippen LogP contribution >= 0.6 is 0 Å². The Hall–Kier alpha value is -3.48. The number of fused-ring (bicyclic) bond motifs is 1. The number of hydrogen-bond donors (Lipinski definition) is 1. The second-order valence-corrected chi connectivity index (χ2v) is 6.12. The highest BCUT2D eigenvalue weighted by Gasteiger charge is 2.18. The van der Waals surface area contributed by atoms with Crippen LogP contribution in [0.5, 0.6) is 11.5 Å². The molecular weight excluding hydrogens is 362 g/mol. The summed E-state index contributed by atoms with van der Waals surface area (Å²) >= 11 is 0. The standard InChI is InChI=1S/C21H21NO6/c1-13(18-10-14-6-4-5-7-17(14)28-18)22-20(23)12-27-19-11-15(25-2)8-9-16(19)21(24)26-3/h4-11,13H,12H2,1-3H3,(H,22,23). The van der Waals surface area contributed by atoms with Gasteiger partial charge in [0.25, 0.3) is 5.91 Å². The van der Waals surface area contributed by atoms with Gasteiger partial charge in [-0.15, -0.1) is 0 Å². The minimum atomic E-state index is -0.561. The molecule has 0 saturated carbocycles. The summed E-state index contributed by atoms with van der Waals surface area (Å²) in [4.78, 5) is 24.2. The molecule has 7 heteroatoms. The number of methoxy groups -OCH3 is 2. The van der Waals surface area contributed by atoms with Gasteiger partial charge in [0.1, 0.15) is 28.4 Å². The van der Waals surface area contributed by atoms with Gasteiger partial charge in [-0.25, -0.2) is 4.79 Å². The SMILES string of the molecule is COC(=O)c1ccc(OC)cc1OCC(=O)NC(C)c1cc2ccccc2o1. The fourth-order valence-electron chi connectivity index (χ4n) is 2.74. The maximum atomic E-state index is 12.3. The quantitative estimate of drug-likeness (QED) is 0.629. The Kier molecular flexibility index (Phi) is 5.84. The molecule has 0 saturated heterocycles. The van der Waals surface area contributed by atoms with E-state index in [1.54, 1.807) is 6.07 Å². The van der Waals surface area contributed by atoms with Crippen molar-refractivity contribution in [2.75, 3.05) is 20.8 Å². The first-order valence-corrected chi connectivity index (χ1v) is 8.69. The summed E-state index contributed by atoms with van der Waals surface area (Å²) < 4.78 is 21.2. The lowest BCUT2D eigenvalue weighted by Gasteiger charge is -2.14. The molecule has 1 unspecified atom stereocenters. The van der Waals surface area contributed by atoms with Gasteiger partial charge >= 0.3 is 5.97 Å². The molecule has 1 aromatic heterocycles. The van der Waals surface area contributed by atoms with E-state index in [1.807, 2.05) is 37.3 Å². The van der Waals surface area contributed by atoms with Gasteiger partial charge in [0.2, 0.25) is 0 Å². The maximum absolute atomic E-state index is 12.3. The second kappa shape index (κ2) is 8.47. The lowest BCUT2D eigenvalue weighted by atomic mass is 10.2. The molecule has 0 bridgehead atoms. The zero-order valence-electron chi connectivity index (χ0n) is 15.9. The van der Waals surface area contributed by atoms with E-state index in [1.165, 1.54) is 26.4 Å². The number of para-hydroxylation sites is 1. The Morgan fingerprint density at radius 1 is 1.11 bits per heavy atom.